The molecule has 200 valence electrons. The first-order chi connectivity index (χ1) is 18.8. The van der Waals surface area contributed by atoms with Crippen molar-refractivity contribution in [3.8, 4) is 5.69 Å². The number of ether oxygens (including phenoxy) is 1. The standard InChI is InChI=1S/C29H27BrClN5O2S/c1-17-13-22(18(2)35(17)20-8-6-7-19(30)14-20)28-27(25-9-4-5-12-32-25)34-29(39)36(28)21-10-11-24(23(31)15-21)33-26(37)16-38-3/h4-15,27-28H,16H2,1-3H3,(H,33,37)(H,34,39)/t27-,28+/m1/s1. The number of aromatic nitrogens is 2. The molecule has 0 saturated carbocycles. The molecule has 2 aromatic carbocycles. The molecule has 1 aliphatic heterocycles. The highest BCUT2D eigenvalue weighted by Gasteiger charge is 2.42. The third-order valence-electron chi connectivity index (χ3n) is 6.73. The van der Waals surface area contributed by atoms with Gasteiger partial charge in [0.15, 0.2) is 5.11 Å². The van der Waals surface area contributed by atoms with Gasteiger partial charge in [0.25, 0.3) is 0 Å². The number of benzene rings is 2. The predicted octanol–water partition coefficient (Wildman–Crippen LogP) is 6.67. The van der Waals surface area contributed by atoms with E-state index < -0.39 is 0 Å². The molecule has 10 heteroatoms. The average Bonchev–Trinajstić information content (AvgIpc) is 3.40. The summed E-state index contributed by atoms with van der Waals surface area (Å²) in [5, 5.41) is 7.25. The fourth-order valence-corrected chi connectivity index (χ4v) is 6.08. The molecule has 0 unspecified atom stereocenters. The lowest BCUT2D eigenvalue weighted by Gasteiger charge is -2.28. The lowest BCUT2D eigenvalue weighted by Crippen LogP contribution is -2.29. The smallest absolute Gasteiger partial charge is 0.250 e. The Bertz CT molecular complexity index is 1540. The molecule has 1 saturated heterocycles. The fraction of sp³-hybridized carbons (Fsp3) is 0.207. The third-order valence-corrected chi connectivity index (χ3v) is 7.85. The van der Waals surface area contributed by atoms with Gasteiger partial charge in [-0.3, -0.25) is 9.78 Å². The van der Waals surface area contributed by atoms with Crippen LogP contribution < -0.4 is 15.5 Å². The molecule has 1 amide bonds. The number of pyridine rings is 1. The zero-order valence-corrected chi connectivity index (χ0v) is 24.8. The summed E-state index contributed by atoms with van der Waals surface area (Å²) in [5.74, 6) is -0.279. The van der Waals surface area contributed by atoms with Crippen molar-refractivity contribution in [3.05, 3.63) is 105 Å². The Morgan fingerprint density at radius 3 is 2.64 bits per heavy atom. The predicted molar refractivity (Wildman–Crippen MR) is 163 cm³/mol. The van der Waals surface area contributed by atoms with Crippen molar-refractivity contribution in [1.82, 2.24) is 14.9 Å². The maximum absolute atomic E-state index is 12.1. The Morgan fingerprint density at radius 1 is 1.13 bits per heavy atom. The van der Waals surface area contributed by atoms with E-state index in [1.165, 1.54) is 7.11 Å². The molecule has 0 radical (unpaired) electrons. The van der Waals surface area contributed by atoms with E-state index in [0.29, 0.717) is 15.8 Å². The van der Waals surface area contributed by atoms with E-state index in [4.69, 9.17) is 28.6 Å². The van der Waals surface area contributed by atoms with Crippen LogP contribution in [0, 0.1) is 13.8 Å². The van der Waals surface area contributed by atoms with E-state index in [2.05, 4.69) is 73.1 Å². The summed E-state index contributed by atoms with van der Waals surface area (Å²) in [5.41, 5.74) is 6.58. The summed E-state index contributed by atoms with van der Waals surface area (Å²) in [7, 11) is 1.47. The highest BCUT2D eigenvalue weighted by atomic mass is 79.9. The number of hydrogen-bond acceptors (Lipinski definition) is 4. The number of halogens is 2. The molecule has 0 aliphatic carbocycles. The fourth-order valence-electron chi connectivity index (χ4n) is 5.12. The van der Waals surface area contributed by atoms with Gasteiger partial charge in [0.2, 0.25) is 5.91 Å². The summed E-state index contributed by atoms with van der Waals surface area (Å²) in [4.78, 5) is 18.8. The molecule has 4 aromatic rings. The summed E-state index contributed by atoms with van der Waals surface area (Å²) in [6, 6.07) is 21.4. The quantitative estimate of drug-likeness (QED) is 0.224. The van der Waals surface area contributed by atoms with Gasteiger partial charge in [-0.1, -0.05) is 39.7 Å². The highest BCUT2D eigenvalue weighted by molar-refractivity contribution is 9.10. The van der Waals surface area contributed by atoms with Crippen LogP contribution in [-0.2, 0) is 9.53 Å². The van der Waals surface area contributed by atoms with E-state index in [1.807, 2.05) is 42.5 Å². The molecular formula is C29H27BrClN5O2S. The van der Waals surface area contributed by atoms with Crippen LogP contribution in [-0.4, -0.2) is 34.3 Å². The Morgan fingerprint density at radius 2 is 1.95 bits per heavy atom. The molecule has 39 heavy (non-hydrogen) atoms. The van der Waals surface area contributed by atoms with Gasteiger partial charge < -0.3 is 24.8 Å². The van der Waals surface area contributed by atoms with Crippen LogP contribution in [0.25, 0.3) is 5.69 Å². The first-order valence-electron chi connectivity index (χ1n) is 12.3. The number of carbonyl (C=O) groups is 1. The van der Waals surface area contributed by atoms with E-state index in [0.717, 1.165) is 38.5 Å². The van der Waals surface area contributed by atoms with E-state index in [1.54, 1.807) is 12.3 Å². The Hall–Kier alpha value is -3.24. The number of aryl methyl sites for hydroxylation is 1. The third kappa shape index (κ3) is 5.45. The van der Waals surface area contributed by atoms with Gasteiger partial charge in [-0.25, -0.2) is 0 Å². The summed E-state index contributed by atoms with van der Waals surface area (Å²) < 4.78 is 8.17. The molecule has 0 bridgehead atoms. The van der Waals surface area contributed by atoms with Gasteiger partial charge in [-0.2, -0.15) is 0 Å². The molecular weight excluding hydrogens is 598 g/mol. The minimum absolute atomic E-state index is 0.0559. The minimum atomic E-state index is -0.279. The number of anilines is 2. The van der Waals surface area contributed by atoms with Crippen LogP contribution in [0.5, 0.6) is 0 Å². The number of methoxy groups -OCH3 is 1. The molecule has 1 aliphatic rings. The van der Waals surface area contributed by atoms with Crippen LogP contribution >= 0.6 is 39.7 Å². The number of amides is 1. The highest BCUT2D eigenvalue weighted by Crippen LogP contribution is 2.44. The molecule has 1 fully saturated rings. The van der Waals surface area contributed by atoms with Gasteiger partial charge in [0, 0.05) is 40.5 Å². The normalized spacial score (nSPS) is 16.8. The molecule has 2 atom stereocenters. The van der Waals surface area contributed by atoms with Crippen molar-refractivity contribution in [1.29, 1.82) is 0 Å². The molecule has 7 nitrogen and oxygen atoms in total. The van der Waals surface area contributed by atoms with Crippen molar-refractivity contribution < 1.29 is 9.53 Å². The Labute approximate surface area is 246 Å². The first-order valence-corrected chi connectivity index (χ1v) is 13.9. The van der Waals surface area contributed by atoms with Crippen LogP contribution in [0.3, 0.4) is 0 Å². The number of nitrogens with zero attached hydrogens (tertiary/aromatic N) is 3. The number of rotatable bonds is 7. The van der Waals surface area contributed by atoms with E-state index >= 15 is 0 Å². The largest absolute Gasteiger partial charge is 0.375 e. The second-order valence-corrected chi connectivity index (χ2v) is 11.0. The number of hydrogen-bond donors (Lipinski definition) is 2. The average molecular weight is 625 g/mol. The molecule has 5 rings (SSSR count). The van der Waals surface area contributed by atoms with Gasteiger partial charge in [0.05, 0.1) is 28.5 Å². The lowest BCUT2D eigenvalue weighted by atomic mass is 9.96. The Balaban J connectivity index is 1.61. The maximum atomic E-state index is 12.1. The zero-order valence-electron chi connectivity index (χ0n) is 21.6. The van der Waals surface area contributed by atoms with Crippen molar-refractivity contribution in [2.24, 2.45) is 0 Å². The van der Waals surface area contributed by atoms with Crippen LogP contribution in [0.15, 0.2) is 77.4 Å². The monoisotopic (exact) mass is 623 g/mol. The summed E-state index contributed by atoms with van der Waals surface area (Å²) in [6.07, 6.45) is 1.79. The molecule has 0 spiro atoms. The van der Waals surface area contributed by atoms with Crippen LogP contribution in [0.4, 0.5) is 11.4 Å². The van der Waals surface area contributed by atoms with Crippen molar-refractivity contribution in [2.45, 2.75) is 25.9 Å². The molecule has 2 aromatic heterocycles. The van der Waals surface area contributed by atoms with Gasteiger partial charge in [-0.15, -0.1) is 0 Å². The number of thiocarbonyl (C=S) groups is 1. The summed E-state index contributed by atoms with van der Waals surface area (Å²) in [6.45, 7) is 4.17. The van der Waals surface area contributed by atoms with E-state index in [9.17, 15) is 4.79 Å². The minimum Gasteiger partial charge on any atom is -0.375 e. The number of nitrogens with one attached hydrogen (secondary N) is 2. The SMILES string of the molecule is COCC(=O)Nc1ccc(N2C(=S)N[C@H](c3ccccn3)[C@@H]2c2cc(C)n(-c3cccc(Br)c3)c2C)cc1Cl. The topological polar surface area (TPSA) is 71.4 Å². The zero-order chi connectivity index (χ0) is 27.7. The van der Waals surface area contributed by atoms with Gasteiger partial charge >= 0.3 is 0 Å². The van der Waals surface area contributed by atoms with Crippen LogP contribution in [0.1, 0.15) is 34.7 Å². The molecule has 3 heterocycles. The van der Waals surface area contributed by atoms with Gasteiger partial charge in [0.1, 0.15) is 6.61 Å². The van der Waals surface area contributed by atoms with Crippen LogP contribution in [0.2, 0.25) is 5.02 Å². The van der Waals surface area contributed by atoms with Gasteiger partial charge in [-0.05, 0) is 86.2 Å². The van der Waals surface area contributed by atoms with Crippen molar-refractivity contribution in [3.63, 3.8) is 0 Å². The lowest BCUT2D eigenvalue weighted by molar-refractivity contribution is -0.119. The first kappa shape index (κ1) is 27.3. The van der Waals surface area contributed by atoms with E-state index in [-0.39, 0.29) is 24.6 Å². The maximum Gasteiger partial charge on any atom is 0.250 e. The summed E-state index contributed by atoms with van der Waals surface area (Å²) >= 11 is 16.1. The molecule has 2 N–H and O–H groups in total. The Kier molecular flexibility index (Phi) is 8.04. The second kappa shape index (κ2) is 11.5. The van der Waals surface area contributed by atoms with Crippen molar-refractivity contribution >= 4 is 62.1 Å². The number of carbonyl (C=O) groups excluding carboxylic acids is 1. The van der Waals surface area contributed by atoms with Crippen molar-refractivity contribution in [2.75, 3.05) is 23.9 Å². The second-order valence-electron chi connectivity index (χ2n) is 9.28.